The van der Waals surface area contributed by atoms with Crippen LogP contribution in [0.5, 0.6) is 0 Å². The number of aryl methyl sites for hydroxylation is 1. The zero-order valence-electron chi connectivity index (χ0n) is 35.3. The number of nitrogens with one attached hydrogen (secondary N) is 7. The molecule has 0 saturated heterocycles. The van der Waals surface area contributed by atoms with E-state index in [1.807, 2.05) is 66.9 Å². The summed E-state index contributed by atoms with van der Waals surface area (Å²) in [5.74, 6) is -3.34. The number of nitrogens with zero attached hydrogens (tertiary/aromatic N) is 2. The summed E-state index contributed by atoms with van der Waals surface area (Å²) >= 11 is 0. The van der Waals surface area contributed by atoms with Crippen molar-refractivity contribution in [3.8, 4) is 0 Å². The highest BCUT2D eigenvalue weighted by Gasteiger charge is 2.31. The van der Waals surface area contributed by atoms with E-state index < -0.39 is 65.8 Å². The molecule has 334 valence electrons. The number of rotatable bonds is 23. The van der Waals surface area contributed by atoms with Gasteiger partial charge in [-0.1, -0.05) is 78.9 Å². The van der Waals surface area contributed by atoms with E-state index in [4.69, 9.17) is 17.2 Å². The molecule has 0 aliphatic heterocycles. The van der Waals surface area contributed by atoms with E-state index in [-0.39, 0.29) is 32.2 Å². The van der Waals surface area contributed by atoms with Crippen LogP contribution in [0.1, 0.15) is 55.0 Å². The summed E-state index contributed by atoms with van der Waals surface area (Å²) in [6.07, 6.45) is 7.41. The highest BCUT2D eigenvalue weighted by atomic mass is 16.2. The van der Waals surface area contributed by atoms with Gasteiger partial charge in [0, 0.05) is 48.4 Å². The number of hydrazine groups is 1. The molecule has 0 unspecified atom stereocenters. The van der Waals surface area contributed by atoms with Gasteiger partial charge in [-0.05, 0) is 74.8 Å². The van der Waals surface area contributed by atoms with Crippen LogP contribution < -0.4 is 43.9 Å². The molecule has 0 radical (unpaired) electrons. The quantitative estimate of drug-likeness (QED) is 0.0335. The van der Waals surface area contributed by atoms with Gasteiger partial charge in [0.1, 0.15) is 24.2 Å². The van der Waals surface area contributed by atoms with Gasteiger partial charge >= 0.3 is 6.03 Å². The van der Waals surface area contributed by atoms with Crippen molar-refractivity contribution in [3.05, 3.63) is 126 Å². The minimum absolute atomic E-state index is 0.0253. The van der Waals surface area contributed by atoms with Crippen LogP contribution in [-0.4, -0.2) is 98.8 Å². The predicted molar refractivity (Wildman–Crippen MR) is 238 cm³/mol. The Labute approximate surface area is 365 Å². The number of para-hydroxylation sites is 1. The molecule has 0 bridgehead atoms. The zero-order valence-corrected chi connectivity index (χ0v) is 35.3. The second kappa shape index (κ2) is 23.8. The number of hydrogen-bond donors (Lipinski definition) is 10. The molecule has 5 rings (SSSR count). The van der Waals surface area contributed by atoms with Gasteiger partial charge in [-0.15, -0.1) is 0 Å². The first-order chi connectivity index (χ1) is 30.4. The van der Waals surface area contributed by atoms with Crippen molar-refractivity contribution in [2.24, 2.45) is 17.2 Å². The van der Waals surface area contributed by atoms with Crippen molar-refractivity contribution in [1.82, 2.24) is 46.7 Å². The maximum atomic E-state index is 14.1. The number of aromatic nitrogens is 3. The molecule has 5 atom stereocenters. The van der Waals surface area contributed by atoms with E-state index in [2.05, 4.69) is 41.6 Å². The lowest BCUT2D eigenvalue weighted by Crippen LogP contribution is -2.61. The monoisotopic (exact) mass is 862 g/mol. The number of carbonyl (C=O) groups is 6. The Balaban J connectivity index is 1.31. The Morgan fingerprint density at radius 1 is 0.698 bits per heavy atom. The summed E-state index contributed by atoms with van der Waals surface area (Å²) in [6.45, 7) is 1.83. The lowest BCUT2D eigenvalue weighted by Gasteiger charge is -2.29. The van der Waals surface area contributed by atoms with Gasteiger partial charge < -0.3 is 48.4 Å². The van der Waals surface area contributed by atoms with E-state index in [0.29, 0.717) is 37.9 Å². The van der Waals surface area contributed by atoms with E-state index in [9.17, 15) is 28.8 Å². The molecule has 2 heterocycles. The molecule has 0 aliphatic rings. The Kier molecular flexibility index (Phi) is 17.8. The van der Waals surface area contributed by atoms with Crippen LogP contribution in [0.2, 0.25) is 0 Å². The topological polar surface area (TPSA) is 288 Å². The van der Waals surface area contributed by atoms with Gasteiger partial charge in [0.15, 0.2) is 0 Å². The number of aromatic amines is 2. The lowest BCUT2D eigenvalue weighted by molar-refractivity contribution is -0.133. The molecule has 3 aromatic carbocycles. The minimum Gasteiger partial charge on any atom is -0.368 e. The molecule has 0 fully saturated rings. The normalized spacial score (nSPS) is 13.4. The van der Waals surface area contributed by atoms with Crippen LogP contribution in [0.3, 0.4) is 0 Å². The summed E-state index contributed by atoms with van der Waals surface area (Å²) in [5.41, 5.74) is 24.2. The molecule has 2 aromatic heterocycles. The number of amides is 7. The van der Waals surface area contributed by atoms with Crippen LogP contribution in [-0.2, 0) is 49.7 Å². The number of unbranched alkanes of at least 4 members (excludes halogenated alkanes) is 1. The highest BCUT2D eigenvalue weighted by molar-refractivity contribution is 5.94. The molecule has 7 amide bonds. The summed E-state index contributed by atoms with van der Waals surface area (Å²) < 4.78 is 0. The first-order valence-corrected chi connectivity index (χ1v) is 21.1. The van der Waals surface area contributed by atoms with Crippen molar-refractivity contribution in [3.63, 3.8) is 0 Å². The third kappa shape index (κ3) is 14.5. The molecule has 63 heavy (non-hydrogen) atoms. The molecular weight excluding hydrogens is 805 g/mol. The van der Waals surface area contributed by atoms with Gasteiger partial charge in [0.05, 0.1) is 12.4 Å². The second-order valence-corrected chi connectivity index (χ2v) is 15.4. The number of urea groups is 1. The molecule has 5 aromatic rings. The highest BCUT2D eigenvalue weighted by Crippen LogP contribution is 2.20. The predicted octanol–water partition coefficient (Wildman–Crippen LogP) is 1.38. The largest absolute Gasteiger partial charge is 0.368 e. The number of fused-ring (bicyclic) bond motifs is 1. The number of nitrogens with two attached hydrogens (primary N) is 3. The zero-order chi connectivity index (χ0) is 45.1. The van der Waals surface area contributed by atoms with Crippen molar-refractivity contribution in [2.75, 3.05) is 13.1 Å². The van der Waals surface area contributed by atoms with Gasteiger partial charge in [-0.25, -0.2) is 14.8 Å². The van der Waals surface area contributed by atoms with Crippen LogP contribution in [0.4, 0.5) is 4.79 Å². The van der Waals surface area contributed by atoms with Crippen molar-refractivity contribution < 1.29 is 28.8 Å². The summed E-state index contributed by atoms with van der Waals surface area (Å²) in [6, 6.07) is 19.7. The molecule has 18 nitrogen and oxygen atoms in total. The number of H-pyrrole nitrogens is 2. The Hall–Kier alpha value is -7.05. The molecule has 0 saturated carbocycles. The fourth-order valence-corrected chi connectivity index (χ4v) is 6.95. The first-order valence-electron chi connectivity index (χ1n) is 21.1. The lowest BCUT2D eigenvalue weighted by atomic mass is 10.0. The number of primary amides is 1. The van der Waals surface area contributed by atoms with Crippen LogP contribution in [0.15, 0.2) is 104 Å². The number of hydrogen-bond acceptors (Lipinski definition) is 9. The smallest absolute Gasteiger partial charge is 0.336 e. The van der Waals surface area contributed by atoms with Crippen LogP contribution in [0.25, 0.3) is 10.9 Å². The van der Waals surface area contributed by atoms with E-state index >= 15 is 0 Å². The third-order valence-electron chi connectivity index (χ3n) is 10.6. The van der Waals surface area contributed by atoms with E-state index in [1.54, 1.807) is 30.5 Å². The fourth-order valence-electron chi connectivity index (χ4n) is 6.95. The SMILES string of the molecule is C[C@H](NC(=O)[C@@H](CCc1c[nH]c2ccccc12)NC(=O)[C@@H](N)Cc1cnc[nH]1)C(=O)NN(CCc1ccccc1)C(=O)N[C@H](Cc1ccccc1)C(=O)N[C@@H](CCCCN)C(N)=O. The summed E-state index contributed by atoms with van der Waals surface area (Å²) in [5, 5.41) is 12.9. The average molecular weight is 863 g/mol. The number of benzene rings is 3. The summed E-state index contributed by atoms with van der Waals surface area (Å²) in [7, 11) is 0. The number of carbonyl (C=O) groups excluding carboxylic acids is 6. The van der Waals surface area contributed by atoms with Crippen molar-refractivity contribution in [2.45, 2.75) is 88.5 Å². The van der Waals surface area contributed by atoms with Crippen molar-refractivity contribution in [1.29, 1.82) is 0 Å². The third-order valence-corrected chi connectivity index (χ3v) is 10.6. The maximum Gasteiger partial charge on any atom is 0.336 e. The Morgan fingerprint density at radius 3 is 2.05 bits per heavy atom. The summed E-state index contributed by atoms with van der Waals surface area (Å²) in [4.78, 5) is 91.5. The maximum absolute atomic E-state index is 14.1. The molecule has 13 N–H and O–H groups in total. The van der Waals surface area contributed by atoms with Gasteiger partial charge in [0.25, 0.3) is 5.91 Å². The van der Waals surface area contributed by atoms with Crippen molar-refractivity contribution >= 4 is 46.5 Å². The van der Waals surface area contributed by atoms with Crippen LogP contribution in [0, 0.1) is 0 Å². The second-order valence-electron chi connectivity index (χ2n) is 15.4. The minimum atomic E-state index is -1.20. The van der Waals surface area contributed by atoms with Gasteiger partial charge in [0.2, 0.25) is 23.6 Å². The van der Waals surface area contributed by atoms with Gasteiger partial charge in [-0.3, -0.25) is 29.4 Å². The average Bonchev–Trinajstić information content (AvgIpc) is 3.96. The first kappa shape index (κ1) is 47.0. The van der Waals surface area contributed by atoms with Crippen LogP contribution >= 0.6 is 0 Å². The Morgan fingerprint density at radius 2 is 1.37 bits per heavy atom. The fraction of sp³-hybridized carbons (Fsp3) is 0.356. The molecule has 0 aliphatic carbocycles. The van der Waals surface area contributed by atoms with Gasteiger partial charge in [-0.2, -0.15) is 0 Å². The molecule has 0 spiro atoms. The standard InChI is InChI=1S/C45H58N12O6/c1-29(52-43(61)38(54-42(60)35(47)25-33-27-49-28-51-33)20-19-32-26-50-36-17-9-8-16-34(32)36)41(59)56-57(23-21-30-12-4-2-5-13-30)45(63)55-39(24-31-14-6-3-7-15-31)44(62)53-37(40(48)58)18-10-11-22-46/h2-9,12-17,26-29,35,37-39,50H,10-11,18-25,46-47H2,1H3,(H2,48,58)(H,49,51)(H,52,61)(H,53,62)(H,54,60)(H,55,63)(H,56,59)/t29-,35-,37-,38+,39+/m0/s1. The molecular formula is C45H58N12O6. The van der Waals surface area contributed by atoms with E-state index in [0.717, 1.165) is 32.6 Å². The van der Waals surface area contributed by atoms with E-state index in [1.165, 1.54) is 13.3 Å². The number of imidazole rings is 1. The Bertz CT molecular complexity index is 2250. The molecule has 18 heteroatoms.